The summed E-state index contributed by atoms with van der Waals surface area (Å²) in [4.78, 5) is 3.11. The molecule has 2 atom stereocenters. The van der Waals surface area contributed by atoms with Crippen molar-refractivity contribution in [2.24, 2.45) is 0 Å². The minimum Gasteiger partial charge on any atom is -0.391 e. The number of aromatic amines is 1. The molecule has 1 saturated heterocycles. The number of hydrogen-bond acceptors (Lipinski definition) is 2. The summed E-state index contributed by atoms with van der Waals surface area (Å²) in [6, 6.07) is 3.97. The van der Waals surface area contributed by atoms with Gasteiger partial charge in [0.15, 0.2) is 0 Å². The van der Waals surface area contributed by atoms with Crippen LogP contribution in [0.15, 0.2) is 18.3 Å². The summed E-state index contributed by atoms with van der Waals surface area (Å²) in [6.45, 7) is 1.59. The smallest absolute Gasteiger partial charge is 0.0759 e. The van der Waals surface area contributed by atoms with Crippen LogP contribution in [0.4, 0.5) is 0 Å². The van der Waals surface area contributed by atoms with E-state index >= 15 is 0 Å². The fourth-order valence-corrected chi connectivity index (χ4v) is 1.56. The van der Waals surface area contributed by atoms with E-state index in [9.17, 15) is 5.11 Å². The van der Waals surface area contributed by atoms with E-state index in [-0.39, 0.29) is 12.0 Å². The summed E-state index contributed by atoms with van der Waals surface area (Å²) < 4.78 is 0. The van der Waals surface area contributed by atoms with Gasteiger partial charge in [-0.25, -0.2) is 0 Å². The molecule has 1 aliphatic heterocycles. The fourth-order valence-electron chi connectivity index (χ4n) is 1.56. The van der Waals surface area contributed by atoms with Crippen molar-refractivity contribution in [3.05, 3.63) is 24.0 Å². The highest BCUT2D eigenvalue weighted by atomic mass is 16.3. The van der Waals surface area contributed by atoms with Gasteiger partial charge < -0.3 is 15.4 Å². The predicted molar refractivity (Wildman–Crippen MR) is 42.4 cm³/mol. The van der Waals surface area contributed by atoms with E-state index in [0.29, 0.717) is 6.54 Å². The summed E-state index contributed by atoms with van der Waals surface area (Å²) in [6.07, 6.45) is 1.66. The Morgan fingerprint density at radius 1 is 1.45 bits per heavy atom. The lowest BCUT2D eigenvalue weighted by atomic mass is 10.0. The zero-order valence-corrected chi connectivity index (χ0v) is 6.25. The number of rotatable bonds is 1. The number of β-amino-alcohol motifs (C(OH)–C–C–N with tert-alkyl or cyclic N) is 1. The third-order valence-electron chi connectivity index (χ3n) is 2.20. The molecule has 0 radical (unpaired) electrons. The summed E-state index contributed by atoms with van der Waals surface area (Å²) in [7, 11) is 0. The van der Waals surface area contributed by atoms with E-state index in [1.807, 2.05) is 18.3 Å². The van der Waals surface area contributed by atoms with Crippen molar-refractivity contribution in [3.63, 3.8) is 0 Å². The van der Waals surface area contributed by atoms with Crippen LogP contribution in [0.5, 0.6) is 0 Å². The van der Waals surface area contributed by atoms with E-state index in [2.05, 4.69) is 10.3 Å². The molecule has 3 nitrogen and oxygen atoms in total. The molecule has 60 valence electrons. The molecule has 0 bridgehead atoms. The quantitative estimate of drug-likeness (QED) is 0.533. The van der Waals surface area contributed by atoms with Gasteiger partial charge in [0.05, 0.1) is 6.10 Å². The molecular weight excluding hydrogens is 140 g/mol. The van der Waals surface area contributed by atoms with Crippen LogP contribution in [0.25, 0.3) is 0 Å². The largest absolute Gasteiger partial charge is 0.391 e. The van der Waals surface area contributed by atoms with E-state index in [4.69, 9.17) is 0 Å². The standard InChI is InChI=1S/C8H12N2O/c11-8-5-9-4-6(8)7-2-1-3-10-7/h1-3,6,8-11H,4-5H2. The molecular formula is C8H12N2O. The average Bonchev–Trinajstić information content (AvgIpc) is 2.55. The number of aliphatic hydroxyl groups is 1. The maximum atomic E-state index is 9.48. The van der Waals surface area contributed by atoms with Crippen LogP contribution in [0.1, 0.15) is 11.6 Å². The van der Waals surface area contributed by atoms with Crippen molar-refractivity contribution in [1.82, 2.24) is 10.3 Å². The van der Waals surface area contributed by atoms with Gasteiger partial charge in [0.2, 0.25) is 0 Å². The lowest BCUT2D eigenvalue weighted by Gasteiger charge is -2.10. The number of aliphatic hydroxyl groups excluding tert-OH is 1. The minimum atomic E-state index is -0.228. The van der Waals surface area contributed by atoms with Crippen LogP contribution in [0.2, 0.25) is 0 Å². The molecule has 1 fully saturated rings. The van der Waals surface area contributed by atoms with Crippen molar-refractivity contribution in [1.29, 1.82) is 0 Å². The molecule has 2 heterocycles. The maximum absolute atomic E-state index is 9.48. The fraction of sp³-hybridized carbons (Fsp3) is 0.500. The first-order valence-electron chi connectivity index (χ1n) is 3.90. The monoisotopic (exact) mass is 152 g/mol. The Bertz CT molecular complexity index is 220. The van der Waals surface area contributed by atoms with Gasteiger partial charge in [0.1, 0.15) is 0 Å². The van der Waals surface area contributed by atoms with Gasteiger partial charge in [-0.3, -0.25) is 0 Å². The number of H-pyrrole nitrogens is 1. The Morgan fingerprint density at radius 3 is 2.91 bits per heavy atom. The molecule has 2 rings (SSSR count). The molecule has 11 heavy (non-hydrogen) atoms. The Hall–Kier alpha value is -0.800. The van der Waals surface area contributed by atoms with Crippen LogP contribution >= 0.6 is 0 Å². The summed E-state index contributed by atoms with van der Waals surface area (Å²) in [5.41, 5.74) is 1.13. The zero-order valence-electron chi connectivity index (χ0n) is 6.25. The summed E-state index contributed by atoms with van der Waals surface area (Å²) >= 11 is 0. The molecule has 1 aliphatic rings. The molecule has 0 aromatic carbocycles. The SMILES string of the molecule is OC1CNCC1c1ccc[nH]1. The van der Waals surface area contributed by atoms with E-state index in [1.54, 1.807) is 0 Å². The Labute approximate surface area is 65.4 Å². The first kappa shape index (κ1) is 6.88. The molecule has 3 heteroatoms. The lowest BCUT2D eigenvalue weighted by Crippen LogP contribution is -2.16. The van der Waals surface area contributed by atoms with E-state index < -0.39 is 0 Å². The van der Waals surface area contributed by atoms with Gasteiger partial charge in [0.25, 0.3) is 0 Å². The Balaban J connectivity index is 2.16. The van der Waals surface area contributed by atoms with Crippen LogP contribution in [0.3, 0.4) is 0 Å². The Kier molecular flexibility index (Phi) is 1.68. The second kappa shape index (κ2) is 2.68. The third kappa shape index (κ3) is 1.17. The van der Waals surface area contributed by atoms with Crippen LogP contribution in [-0.2, 0) is 0 Å². The molecule has 3 N–H and O–H groups in total. The van der Waals surface area contributed by atoms with Gasteiger partial charge in [-0.1, -0.05) is 0 Å². The van der Waals surface area contributed by atoms with Gasteiger partial charge in [-0.2, -0.15) is 0 Å². The topological polar surface area (TPSA) is 48.0 Å². The highest BCUT2D eigenvalue weighted by Gasteiger charge is 2.26. The molecule has 0 amide bonds. The minimum absolute atomic E-state index is 0.228. The Morgan fingerprint density at radius 2 is 2.36 bits per heavy atom. The number of nitrogens with one attached hydrogen (secondary N) is 2. The lowest BCUT2D eigenvalue weighted by molar-refractivity contribution is 0.176. The maximum Gasteiger partial charge on any atom is 0.0759 e. The second-order valence-electron chi connectivity index (χ2n) is 2.96. The van der Waals surface area contributed by atoms with Crippen LogP contribution < -0.4 is 5.32 Å². The number of aromatic nitrogens is 1. The third-order valence-corrected chi connectivity index (χ3v) is 2.20. The van der Waals surface area contributed by atoms with Crippen molar-refractivity contribution in [2.75, 3.05) is 13.1 Å². The van der Waals surface area contributed by atoms with Gasteiger partial charge >= 0.3 is 0 Å². The first-order valence-corrected chi connectivity index (χ1v) is 3.90. The predicted octanol–water partition coefficient (Wildman–Crippen LogP) is 0.0624. The van der Waals surface area contributed by atoms with Gasteiger partial charge in [0, 0.05) is 30.9 Å². The van der Waals surface area contributed by atoms with Gasteiger partial charge in [-0.15, -0.1) is 0 Å². The zero-order chi connectivity index (χ0) is 7.68. The van der Waals surface area contributed by atoms with E-state index in [0.717, 1.165) is 12.2 Å². The van der Waals surface area contributed by atoms with Gasteiger partial charge in [-0.05, 0) is 12.1 Å². The molecule has 0 saturated carbocycles. The van der Waals surface area contributed by atoms with Crippen LogP contribution in [0, 0.1) is 0 Å². The second-order valence-corrected chi connectivity index (χ2v) is 2.96. The average molecular weight is 152 g/mol. The molecule has 0 aliphatic carbocycles. The van der Waals surface area contributed by atoms with E-state index in [1.165, 1.54) is 0 Å². The molecule has 0 spiro atoms. The normalized spacial score (nSPS) is 31.0. The number of hydrogen-bond donors (Lipinski definition) is 3. The molecule has 2 unspecified atom stereocenters. The van der Waals surface area contributed by atoms with Crippen molar-refractivity contribution >= 4 is 0 Å². The highest BCUT2D eigenvalue weighted by molar-refractivity contribution is 5.14. The molecule has 1 aromatic rings. The van der Waals surface area contributed by atoms with Crippen molar-refractivity contribution in [2.45, 2.75) is 12.0 Å². The highest BCUT2D eigenvalue weighted by Crippen LogP contribution is 2.20. The van der Waals surface area contributed by atoms with Crippen LogP contribution in [-0.4, -0.2) is 29.3 Å². The van der Waals surface area contributed by atoms with Crippen molar-refractivity contribution in [3.8, 4) is 0 Å². The first-order chi connectivity index (χ1) is 5.38. The summed E-state index contributed by atoms with van der Waals surface area (Å²) in [5.74, 6) is 0.255. The summed E-state index contributed by atoms with van der Waals surface area (Å²) in [5, 5.41) is 12.6. The van der Waals surface area contributed by atoms with Crippen molar-refractivity contribution < 1.29 is 5.11 Å². The molecule has 1 aromatic heterocycles.